The van der Waals surface area contributed by atoms with E-state index in [2.05, 4.69) is 5.32 Å². The molecular formula is C17H24N2O2. The number of rotatable bonds is 2. The molecule has 3 N–H and O–H groups in total. The van der Waals surface area contributed by atoms with Gasteiger partial charge in [0.2, 0.25) is 5.91 Å². The topological polar surface area (TPSA) is 64.3 Å². The van der Waals surface area contributed by atoms with Crippen molar-refractivity contribution in [2.75, 3.05) is 6.61 Å². The summed E-state index contributed by atoms with van der Waals surface area (Å²) < 4.78 is 5.71. The third-order valence-electron chi connectivity index (χ3n) is 4.65. The van der Waals surface area contributed by atoms with Gasteiger partial charge in [-0.1, -0.05) is 37.5 Å². The minimum absolute atomic E-state index is 0.0897. The van der Waals surface area contributed by atoms with E-state index in [1.165, 1.54) is 12.8 Å². The van der Waals surface area contributed by atoms with Gasteiger partial charge in [0, 0.05) is 12.1 Å². The lowest BCUT2D eigenvalue weighted by molar-refractivity contribution is -0.127. The summed E-state index contributed by atoms with van der Waals surface area (Å²) in [5.74, 6) is 0.898. The molecule has 1 amide bonds. The number of para-hydroxylation sites is 1. The second kappa shape index (κ2) is 6.48. The number of benzene rings is 1. The second-order valence-electron chi connectivity index (χ2n) is 6.24. The molecule has 1 fully saturated rings. The number of fused-ring (bicyclic) bond motifs is 1. The summed E-state index contributed by atoms with van der Waals surface area (Å²) >= 11 is 0. The Morgan fingerprint density at radius 2 is 2.00 bits per heavy atom. The van der Waals surface area contributed by atoms with E-state index >= 15 is 0 Å². The highest BCUT2D eigenvalue weighted by Crippen LogP contribution is 2.27. The second-order valence-corrected chi connectivity index (χ2v) is 6.24. The fraction of sp³-hybridized carbons (Fsp3) is 0.588. The number of carbonyl (C=O) groups excluding carboxylic acids is 1. The molecular weight excluding hydrogens is 264 g/mol. The molecule has 3 atom stereocenters. The number of nitrogens with one attached hydrogen (secondary N) is 1. The van der Waals surface area contributed by atoms with Crippen molar-refractivity contribution in [3.8, 4) is 5.75 Å². The maximum absolute atomic E-state index is 12.5. The first-order valence-electron chi connectivity index (χ1n) is 8.00. The van der Waals surface area contributed by atoms with Gasteiger partial charge in [-0.15, -0.1) is 0 Å². The van der Waals surface area contributed by atoms with E-state index in [1.807, 2.05) is 24.3 Å². The van der Waals surface area contributed by atoms with Crippen molar-refractivity contribution in [1.29, 1.82) is 0 Å². The van der Waals surface area contributed by atoms with E-state index in [9.17, 15) is 4.79 Å². The molecule has 0 aromatic heterocycles. The molecule has 3 rings (SSSR count). The number of nitrogens with two attached hydrogens (primary N) is 1. The molecule has 1 aromatic rings. The van der Waals surface area contributed by atoms with E-state index in [1.54, 1.807) is 0 Å². The van der Waals surface area contributed by atoms with Crippen molar-refractivity contribution in [3.63, 3.8) is 0 Å². The molecule has 3 unspecified atom stereocenters. The molecule has 1 aliphatic carbocycles. The van der Waals surface area contributed by atoms with E-state index in [4.69, 9.17) is 10.5 Å². The van der Waals surface area contributed by atoms with Crippen molar-refractivity contribution in [2.24, 2.45) is 11.7 Å². The van der Waals surface area contributed by atoms with E-state index in [-0.39, 0.29) is 23.9 Å². The average Bonchev–Trinajstić information content (AvgIpc) is 2.72. The van der Waals surface area contributed by atoms with Crippen LogP contribution in [0.5, 0.6) is 5.75 Å². The van der Waals surface area contributed by atoms with Crippen LogP contribution in [0.4, 0.5) is 0 Å². The summed E-state index contributed by atoms with van der Waals surface area (Å²) in [5, 5.41) is 3.17. The van der Waals surface area contributed by atoms with Crippen LogP contribution < -0.4 is 15.8 Å². The summed E-state index contributed by atoms with van der Waals surface area (Å²) in [4.78, 5) is 12.5. The Morgan fingerprint density at radius 3 is 2.90 bits per heavy atom. The molecule has 4 heteroatoms. The first kappa shape index (κ1) is 14.4. The molecule has 114 valence electrons. The SMILES string of the molecule is NC1CCCCCC1NC(=O)C1COc2ccccc2C1. The van der Waals surface area contributed by atoms with Crippen LogP contribution in [0.3, 0.4) is 0 Å². The monoisotopic (exact) mass is 288 g/mol. The molecule has 21 heavy (non-hydrogen) atoms. The van der Waals surface area contributed by atoms with Gasteiger partial charge in [-0.05, 0) is 30.9 Å². The Hall–Kier alpha value is -1.55. The van der Waals surface area contributed by atoms with Crippen molar-refractivity contribution in [2.45, 2.75) is 50.6 Å². The maximum atomic E-state index is 12.5. The van der Waals surface area contributed by atoms with Crippen LogP contribution in [0.25, 0.3) is 0 Å². The predicted molar refractivity (Wildman–Crippen MR) is 82.1 cm³/mol. The fourth-order valence-corrected chi connectivity index (χ4v) is 3.31. The molecule has 0 radical (unpaired) electrons. The van der Waals surface area contributed by atoms with Gasteiger partial charge < -0.3 is 15.8 Å². The van der Waals surface area contributed by atoms with Crippen LogP contribution in [0, 0.1) is 5.92 Å². The number of hydrogen-bond acceptors (Lipinski definition) is 3. The first-order valence-corrected chi connectivity index (χ1v) is 8.00. The highest BCUT2D eigenvalue weighted by Gasteiger charge is 2.29. The van der Waals surface area contributed by atoms with Crippen molar-refractivity contribution >= 4 is 5.91 Å². The molecule has 4 nitrogen and oxygen atoms in total. The fourth-order valence-electron chi connectivity index (χ4n) is 3.31. The Balaban J connectivity index is 1.61. The zero-order valence-electron chi connectivity index (χ0n) is 12.4. The highest BCUT2D eigenvalue weighted by atomic mass is 16.5. The van der Waals surface area contributed by atoms with Gasteiger partial charge in [0.25, 0.3) is 0 Å². The molecule has 0 bridgehead atoms. The minimum Gasteiger partial charge on any atom is -0.492 e. The van der Waals surface area contributed by atoms with Crippen LogP contribution in [-0.4, -0.2) is 24.6 Å². The summed E-state index contributed by atoms with van der Waals surface area (Å²) in [7, 11) is 0. The molecule has 2 aliphatic rings. The zero-order valence-corrected chi connectivity index (χ0v) is 12.4. The van der Waals surface area contributed by atoms with Gasteiger partial charge in [0.15, 0.2) is 0 Å². The summed E-state index contributed by atoms with van der Waals surface area (Å²) in [5.41, 5.74) is 7.31. The number of amides is 1. The molecule has 1 aliphatic heterocycles. The molecule has 1 aromatic carbocycles. The van der Waals surface area contributed by atoms with Gasteiger partial charge >= 0.3 is 0 Å². The number of hydrogen-bond donors (Lipinski definition) is 2. The third kappa shape index (κ3) is 3.38. The summed E-state index contributed by atoms with van der Waals surface area (Å²) in [6.45, 7) is 0.463. The summed E-state index contributed by atoms with van der Waals surface area (Å²) in [6, 6.07) is 8.16. The van der Waals surface area contributed by atoms with Crippen molar-refractivity contribution < 1.29 is 9.53 Å². The van der Waals surface area contributed by atoms with Crippen LogP contribution in [0.2, 0.25) is 0 Å². The Morgan fingerprint density at radius 1 is 1.19 bits per heavy atom. The lowest BCUT2D eigenvalue weighted by Crippen LogP contribution is -2.50. The van der Waals surface area contributed by atoms with E-state index < -0.39 is 0 Å². The van der Waals surface area contributed by atoms with Gasteiger partial charge in [0.1, 0.15) is 12.4 Å². The Kier molecular flexibility index (Phi) is 4.44. The zero-order chi connectivity index (χ0) is 14.7. The third-order valence-corrected chi connectivity index (χ3v) is 4.65. The van der Waals surface area contributed by atoms with Crippen LogP contribution >= 0.6 is 0 Å². The van der Waals surface area contributed by atoms with Crippen LogP contribution in [-0.2, 0) is 11.2 Å². The molecule has 1 saturated carbocycles. The maximum Gasteiger partial charge on any atom is 0.227 e. The van der Waals surface area contributed by atoms with Gasteiger partial charge in [-0.2, -0.15) is 0 Å². The quantitative estimate of drug-likeness (QED) is 0.818. The van der Waals surface area contributed by atoms with Gasteiger partial charge in [-0.25, -0.2) is 0 Å². The van der Waals surface area contributed by atoms with Crippen LogP contribution in [0.1, 0.15) is 37.7 Å². The van der Waals surface area contributed by atoms with Crippen molar-refractivity contribution in [1.82, 2.24) is 5.32 Å². The van der Waals surface area contributed by atoms with Gasteiger partial charge in [0.05, 0.1) is 5.92 Å². The summed E-state index contributed by atoms with van der Waals surface area (Å²) in [6.07, 6.45) is 6.31. The standard InChI is InChI=1S/C17H24N2O2/c18-14-7-2-1-3-8-15(14)19-17(20)13-10-12-6-4-5-9-16(12)21-11-13/h4-6,9,13-15H,1-3,7-8,10-11,18H2,(H,19,20). The molecule has 0 saturated heterocycles. The first-order chi connectivity index (χ1) is 10.2. The van der Waals surface area contributed by atoms with E-state index in [0.717, 1.165) is 37.0 Å². The van der Waals surface area contributed by atoms with Crippen LogP contribution in [0.15, 0.2) is 24.3 Å². The van der Waals surface area contributed by atoms with Crippen molar-refractivity contribution in [3.05, 3.63) is 29.8 Å². The highest BCUT2D eigenvalue weighted by molar-refractivity contribution is 5.80. The lowest BCUT2D eigenvalue weighted by atomic mass is 9.95. The Labute approximate surface area is 126 Å². The Bertz CT molecular complexity index is 503. The smallest absolute Gasteiger partial charge is 0.227 e. The average molecular weight is 288 g/mol. The largest absolute Gasteiger partial charge is 0.492 e. The normalized spacial score (nSPS) is 28.9. The molecule has 1 heterocycles. The van der Waals surface area contributed by atoms with E-state index in [0.29, 0.717) is 6.61 Å². The lowest BCUT2D eigenvalue weighted by Gasteiger charge is -2.28. The van der Waals surface area contributed by atoms with Gasteiger partial charge in [-0.3, -0.25) is 4.79 Å². The predicted octanol–water partition coefficient (Wildman–Crippen LogP) is 2.01. The number of ether oxygens (including phenoxy) is 1. The number of carbonyl (C=O) groups is 1. The minimum atomic E-state index is -0.102. The molecule has 0 spiro atoms.